The highest BCUT2D eigenvalue weighted by Crippen LogP contribution is 2.15. The molecule has 0 saturated heterocycles. The van der Waals surface area contributed by atoms with Crippen LogP contribution in [0.1, 0.15) is 0 Å². The Balaban J connectivity index is 2.80. The lowest BCUT2D eigenvalue weighted by Gasteiger charge is -1.97. The van der Waals surface area contributed by atoms with E-state index < -0.39 is 0 Å². The second-order valence-electron chi connectivity index (χ2n) is 1.90. The summed E-state index contributed by atoms with van der Waals surface area (Å²) in [5.74, 6) is 0.698. The average Bonchev–Trinajstić information content (AvgIpc) is 2.36. The molecule has 2 heterocycles. The third-order valence-corrected chi connectivity index (χ3v) is 1.55. The van der Waals surface area contributed by atoms with Gasteiger partial charge in [0.05, 0.1) is 0 Å². The van der Waals surface area contributed by atoms with Crippen molar-refractivity contribution in [2.24, 2.45) is 0 Å². The normalized spacial score (nSPS) is 10.5. The summed E-state index contributed by atoms with van der Waals surface area (Å²) in [6.07, 6.45) is 3.21. The van der Waals surface area contributed by atoms with Crippen molar-refractivity contribution in [3.05, 3.63) is 24.7 Å². The van der Waals surface area contributed by atoms with Crippen molar-refractivity contribution in [1.29, 1.82) is 0 Å². The SMILES string of the molecule is Cln1cccc2ncnc1-2. The summed E-state index contributed by atoms with van der Waals surface area (Å²) in [6.45, 7) is 0. The lowest BCUT2D eigenvalue weighted by Crippen LogP contribution is -1.89. The van der Waals surface area contributed by atoms with Crippen molar-refractivity contribution >= 4 is 11.8 Å². The van der Waals surface area contributed by atoms with Crippen LogP contribution in [0.3, 0.4) is 0 Å². The van der Waals surface area contributed by atoms with Gasteiger partial charge in [-0.2, -0.15) is 0 Å². The van der Waals surface area contributed by atoms with Gasteiger partial charge in [0.2, 0.25) is 0 Å². The minimum absolute atomic E-state index is 0.698. The molecule has 0 aromatic heterocycles. The van der Waals surface area contributed by atoms with Crippen LogP contribution < -0.4 is 0 Å². The largest absolute Gasteiger partial charge is 0.242 e. The van der Waals surface area contributed by atoms with Gasteiger partial charge in [0, 0.05) is 18.0 Å². The number of hydrogen-bond donors (Lipinski definition) is 0. The van der Waals surface area contributed by atoms with Crippen molar-refractivity contribution in [3.8, 4) is 11.5 Å². The Morgan fingerprint density at radius 2 is 2.30 bits per heavy atom. The summed E-state index contributed by atoms with van der Waals surface area (Å²) >= 11 is 5.71. The fraction of sp³-hybridized carbons (Fsp3) is 0. The fourth-order valence-corrected chi connectivity index (χ4v) is 1.03. The second kappa shape index (κ2) is 1.95. The number of aromatic nitrogens is 3. The van der Waals surface area contributed by atoms with Crippen LogP contribution in [0, 0.1) is 0 Å². The number of halogens is 1. The first-order chi connectivity index (χ1) is 4.88. The van der Waals surface area contributed by atoms with Gasteiger partial charge in [0.1, 0.15) is 12.0 Å². The van der Waals surface area contributed by atoms with Crippen molar-refractivity contribution in [1.82, 2.24) is 14.1 Å². The molecule has 0 aliphatic carbocycles. The number of pyridine rings is 1. The van der Waals surface area contributed by atoms with Crippen LogP contribution in [-0.2, 0) is 0 Å². The minimum Gasteiger partial charge on any atom is -0.242 e. The van der Waals surface area contributed by atoms with E-state index in [1.54, 1.807) is 6.20 Å². The quantitative estimate of drug-likeness (QED) is 0.573. The van der Waals surface area contributed by atoms with Crippen LogP contribution in [0.2, 0.25) is 0 Å². The zero-order chi connectivity index (χ0) is 6.97. The summed E-state index contributed by atoms with van der Waals surface area (Å²) in [5, 5.41) is 0. The summed E-state index contributed by atoms with van der Waals surface area (Å²) < 4.78 is 1.42. The van der Waals surface area contributed by atoms with Crippen LogP contribution in [0.5, 0.6) is 0 Å². The smallest absolute Gasteiger partial charge is 0.175 e. The molecule has 0 radical (unpaired) electrons. The van der Waals surface area contributed by atoms with E-state index in [0.717, 1.165) is 5.69 Å². The molecule has 3 nitrogen and oxygen atoms in total. The first-order valence-corrected chi connectivity index (χ1v) is 3.16. The maximum Gasteiger partial charge on any atom is 0.175 e. The van der Waals surface area contributed by atoms with Crippen LogP contribution >= 0.6 is 11.8 Å². The Morgan fingerprint density at radius 3 is 3.10 bits per heavy atom. The Kier molecular flexibility index (Phi) is 1.11. The monoisotopic (exact) mass is 153 g/mol. The summed E-state index contributed by atoms with van der Waals surface area (Å²) in [5.41, 5.74) is 0.817. The molecule has 0 saturated carbocycles. The highest BCUT2D eigenvalue weighted by molar-refractivity contribution is 6.16. The van der Waals surface area contributed by atoms with Gasteiger partial charge in [0.25, 0.3) is 0 Å². The maximum atomic E-state index is 5.71. The van der Waals surface area contributed by atoms with Crippen LogP contribution in [0.4, 0.5) is 0 Å². The van der Waals surface area contributed by atoms with Gasteiger partial charge in [0.15, 0.2) is 5.82 Å². The zero-order valence-corrected chi connectivity index (χ0v) is 5.78. The molecule has 2 aliphatic heterocycles. The van der Waals surface area contributed by atoms with Gasteiger partial charge < -0.3 is 0 Å². The van der Waals surface area contributed by atoms with E-state index in [4.69, 9.17) is 11.8 Å². The lowest BCUT2D eigenvalue weighted by atomic mass is 10.4. The van der Waals surface area contributed by atoms with E-state index in [1.807, 2.05) is 12.1 Å². The third-order valence-electron chi connectivity index (χ3n) is 1.28. The van der Waals surface area contributed by atoms with E-state index in [-0.39, 0.29) is 0 Å². The average molecular weight is 154 g/mol. The van der Waals surface area contributed by atoms with Gasteiger partial charge in [-0.1, -0.05) is 0 Å². The molecule has 0 fully saturated rings. The first-order valence-electron chi connectivity index (χ1n) is 2.82. The highest BCUT2D eigenvalue weighted by atomic mass is 35.5. The van der Waals surface area contributed by atoms with E-state index in [9.17, 15) is 0 Å². The molecule has 2 rings (SSSR count). The molecule has 0 unspecified atom stereocenters. The Labute approximate surface area is 62.7 Å². The highest BCUT2D eigenvalue weighted by Gasteiger charge is 2.05. The number of imidazole rings is 1. The molecule has 4 heteroatoms. The van der Waals surface area contributed by atoms with E-state index in [0.29, 0.717) is 5.82 Å². The minimum atomic E-state index is 0.698. The topological polar surface area (TPSA) is 30.7 Å². The number of hydrogen-bond acceptors (Lipinski definition) is 2. The lowest BCUT2D eigenvalue weighted by molar-refractivity contribution is 1.14. The van der Waals surface area contributed by atoms with Crippen molar-refractivity contribution in [2.75, 3.05) is 0 Å². The molecule has 0 amide bonds. The molecule has 0 aromatic rings. The second-order valence-corrected chi connectivity index (χ2v) is 2.27. The number of rotatable bonds is 0. The van der Waals surface area contributed by atoms with Crippen molar-refractivity contribution in [2.45, 2.75) is 0 Å². The van der Waals surface area contributed by atoms with Crippen molar-refractivity contribution < 1.29 is 0 Å². The van der Waals surface area contributed by atoms with E-state index in [1.165, 1.54) is 10.4 Å². The van der Waals surface area contributed by atoms with E-state index in [2.05, 4.69) is 9.97 Å². The molecular formula is C6H4ClN3. The predicted octanol–water partition coefficient (Wildman–Crippen LogP) is 1.38. The van der Waals surface area contributed by atoms with Crippen LogP contribution in [-0.4, -0.2) is 14.1 Å². The molecule has 0 bridgehead atoms. The van der Waals surface area contributed by atoms with Gasteiger partial charge in [-0.3, -0.25) is 0 Å². The summed E-state index contributed by atoms with van der Waals surface area (Å²) in [7, 11) is 0. The number of nitrogens with zero attached hydrogens (tertiary/aromatic N) is 3. The Morgan fingerprint density at radius 1 is 1.40 bits per heavy atom. The van der Waals surface area contributed by atoms with Gasteiger partial charge in [-0.15, -0.1) is 0 Å². The maximum absolute atomic E-state index is 5.71. The van der Waals surface area contributed by atoms with Gasteiger partial charge in [-0.25, -0.2) is 14.1 Å². The Hall–Kier alpha value is -1.09. The summed E-state index contributed by atoms with van der Waals surface area (Å²) in [4.78, 5) is 7.90. The molecule has 50 valence electrons. The summed E-state index contributed by atoms with van der Waals surface area (Å²) in [6, 6.07) is 3.69. The zero-order valence-electron chi connectivity index (χ0n) is 5.03. The molecule has 0 atom stereocenters. The predicted molar refractivity (Wildman–Crippen MR) is 37.9 cm³/mol. The van der Waals surface area contributed by atoms with Crippen LogP contribution in [0.15, 0.2) is 24.7 Å². The van der Waals surface area contributed by atoms with E-state index >= 15 is 0 Å². The van der Waals surface area contributed by atoms with Gasteiger partial charge >= 0.3 is 0 Å². The molecule has 0 aromatic carbocycles. The van der Waals surface area contributed by atoms with Crippen LogP contribution in [0.25, 0.3) is 11.5 Å². The van der Waals surface area contributed by atoms with Crippen molar-refractivity contribution in [3.63, 3.8) is 0 Å². The van der Waals surface area contributed by atoms with Gasteiger partial charge in [-0.05, 0) is 12.1 Å². The molecule has 0 spiro atoms. The molecule has 0 N–H and O–H groups in total. The molecule has 2 aliphatic rings. The first kappa shape index (κ1) is 5.68. The fourth-order valence-electron chi connectivity index (χ4n) is 0.832. The molecule has 10 heavy (non-hydrogen) atoms. The Bertz CT molecular complexity index is 317. The molecular weight excluding hydrogens is 150 g/mol. The standard InChI is InChI=1S/C6H4ClN3/c7-10-3-1-2-5-6(10)9-4-8-5/h1-4H. The third kappa shape index (κ3) is 0.675. The number of fused-ring (bicyclic) bond motifs is 1.